The van der Waals surface area contributed by atoms with Crippen molar-refractivity contribution in [2.24, 2.45) is 0 Å². The predicted molar refractivity (Wildman–Crippen MR) is 86.6 cm³/mol. The molecule has 0 unspecified atom stereocenters. The first kappa shape index (κ1) is 15.5. The third kappa shape index (κ3) is 3.18. The Labute approximate surface area is 133 Å². The lowest BCUT2D eigenvalue weighted by atomic mass is 10.00. The number of carbonyl (C=O) groups excluding carboxylic acids is 1. The van der Waals surface area contributed by atoms with E-state index in [1.54, 1.807) is 6.92 Å². The van der Waals surface area contributed by atoms with Crippen LogP contribution in [-0.2, 0) is 11.2 Å². The van der Waals surface area contributed by atoms with Crippen LogP contribution in [0.5, 0.6) is 0 Å². The zero-order chi connectivity index (χ0) is 16.4. The van der Waals surface area contributed by atoms with Crippen LogP contribution in [0.25, 0.3) is 0 Å². The maximum Gasteiger partial charge on any atom is 0.246 e. The molecule has 1 amide bonds. The average molecular weight is 316 g/mol. The highest BCUT2D eigenvalue weighted by Crippen LogP contribution is 2.28. The van der Waals surface area contributed by atoms with Crippen LogP contribution in [-0.4, -0.2) is 18.5 Å². The predicted octanol–water partition coefficient (Wildman–Crippen LogP) is 3.74. The Morgan fingerprint density at radius 1 is 1.22 bits per heavy atom. The molecule has 3 nitrogen and oxygen atoms in total. The normalized spacial score (nSPS) is 15.0. The second kappa shape index (κ2) is 6.36. The van der Waals surface area contributed by atoms with Gasteiger partial charge in [-0.25, -0.2) is 8.78 Å². The summed E-state index contributed by atoms with van der Waals surface area (Å²) in [7, 11) is 0. The first-order valence-corrected chi connectivity index (χ1v) is 7.67. The maximum absolute atomic E-state index is 13.7. The van der Waals surface area contributed by atoms with Crippen molar-refractivity contribution in [3.05, 3.63) is 59.7 Å². The number of nitrogens with one attached hydrogen (secondary N) is 1. The number of aryl methyl sites for hydroxylation is 1. The summed E-state index contributed by atoms with van der Waals surface area (Å²) in [6, 6.07) is 10.5. The van der Waals surface area contributed by atoms with Gasteiger partial charge < -0.3 is 10.2 Å². The Kier molecular flexibility index (Phi) is 4.28. The van der Waals surface area contributed by atoms with Gasteiger partial charge in [-0.15, -0.1) is 0 Å². The van der Waals surface area contributed by atoms with Gasteiger partial charge in [0.25, 0.3) is 0 Å². The van der Waals surface area contributed by atoms with Crippen LogP contribution in [0.15, 0.2) is 42.5 Å². The fourth-order valence-corrected chi connectivity index (χ4v) is 2.94. The number of anilines is 2. The van der Waals surface area contributed by atoms with Crippen LogP contribution in [0.2, 0.25) is 0 Å². The van der Waals surface area contributed by atoms with Crippen molar-refractivity contribution >= 4 is 17.3 Å². The van der Waals surface area contributed by atoms with Gasteiger partial charge in [0.1, 0.15) is 17.7 Å². The molecule has 0 radical (unpaired) electrons. The lowest BCUT2D eigenvalue weighted by Crippen LogP contribution is -2.44. The summed E-state index contributed by atoms with van der Waals surface area (Å²) in [6.45, 7) is 2.53. The van der Waals surface area contributed by atoms with E-state index in [-0.39, 0.29) is 11.6 Å². The van der Waals surface area contributed by atoms with Gasteiger partial charge in [-0.05, 0) is 43.5 Å². The summed E-state index contributed by atoms with van der Waals surface area (Å²) >= 11 is 0. The van der Waals surface area contributed by atoms with Crippen LogP contribution in [0.1, 0.15) is 18.9 Å². The van der Waals surface area contributed by atoms with E-state index < -0.39 is 17.7 Å². The van der Waals surface area contributed by atoms with Gasteiger partial charge in [0, 0.05) is 18.3 Å². The Bertz CT molecular complexity index is 733. The molecule has 0 aliphatic carbocycles. The molecule has 2 aromatic carbocycles. The zero-order valence-electron chi connectivity index (χ0n) is 12.9. The molecule has 0 aromatic heterocycles. The van der Waals surface area contributed by atoms with Gasteiger partial charge in [0.05, 0.1) is 5.69 Å². The molecule has 2 aromatic rings. The third-order valence-electron chi connectivity index (χ3n) is 4.18. The van der Waals surface area contributed by atoms with Crippen molar-refractivity contribution in [2.45, 2.75) is 25.8 Å². The second-order valence-corrected chi connectivity index (χ2v) is 5.72. The number of benzene rings is 2. The molecular formula is C18H18F2N2O. The first-order chi connectivity index (χ1) is 11.1. The monoisotopic (exact) mass is 316 g/mol. The van der Waals surface area contributed by atoms with Crippen molar-refractivity contribution in [2.75, 3.05) is 16.8 Å². The van der Waals surface area contributed by atoms with Crippen LogP contribution < -0.4 is 10.2 Å². The molecular weight excluding hydrogens is 298 g/mol. The number of halogens is 2. The molecule has 0 saturated heterocycles. The number of hydrogen-bond donors (Lipinski definition) is 1. The highest BCUT2D eigenvalue weighted by atomic mass is 19.1. The van der Waals surface area contributed by atoms with Crippen molar-refractivity contribution in [3.8, 4) is 0 Å². The standard InChI is InChI=1S/C18H18F2N2O/c1-12(18(23)21-16-11-14(19)8-9-15(16)20)22-10-4-6-13-5-2-3-7-17(13)22/h2-3,5,7-9,11-12H,4,6,10H2,1H3,(H,21,23)/t12-/m0/s1. The Morgan fingerprint density at radius 2 is 2.00 bits per heavy atom. The van der Waals surface area contributed by atoms with Gasteiger partial charge in [0.15, 0.2) is 0 Å². The summed E-state index contributed by atoms with van der Waals surface area (Å²) in [4.78, 5) is 14.4. The topological polar surface area (TPSA) is 32.3 Å². The largest absolute Gasteiger partial charge is 0.360 e. The number of rotatable bonds is 3. The van der Waals surface area contributed by atoms with Crippen LogP contribution in [0.4, 0.5) is 20.2 Å². The molecule has 1 aliphatic rings. The number of amides is 1. The summed E-state index contributed by atoms with van der Waals surface area (Å²) in [6.07, 6.45) is 1.95. The molecule has 5 heteroatoms. The SMILES string of the molecule is C[C@@H](C(=O)Nc1cc(F)ccc1F)N1CCCc2ccccc21. The van der Waals surface area contributed by atoms with E-state index in [0.29, 0.717) is 0 Å². The number of hydrogen-bond acceptors (Lipinski definition) is 2. The molecule has 23 heavy (non-hydrogen) atoms. The number of para-hydroxylation sites is 1. The van der Waals surface area contributed by atoms with Crippen molar-refractivity contribution in [3.63, 3.8) is 0 Å². The van der Waals surface area contributed by atoms with Gasteiger partial charge in [-0.3, -0.25) is 4.79 Å². The van der Waals surface area contributed by atoms with E-state index in [9.17, 15) is 13.6 Å². The molecule has 1 heterocycles. The molecule has 0 saturated carbocycles. The van der Waals surface area contributed by atoms with Crippen LogP contribution >= 0.6 is 0 Å². The molecule has 0 spiro atoms. The van der Waals surface area contributed by atoms with Crippen molar-refractivity contribution in [1.29, 1.82) is 0 Å². The molecule has 1 N–H and O–H groups in total. The van der Waals surface area contributed by atoms with Gasteiger partial charge in [-0.1, -0.05) is 18.2 Å². The fraction of sp³-hybridized carbons (Fsp3) is 0.278. The van der Waals surface area contributed by atoms with Gasteiger partial charge >= 0.3 is 0 Å². The number of carbonyl (C=O) groups is 1. The summed E-state index contributed by atoms with van der Waals surface area (Å²) in [5, 5.41) is 2.48. The Morgan fingerprint density at radius 3 is 2.83 bits per heavy atom. The molecule has 1 aliphatic heterocycles. The molecule has 0 bridgehead atoms. The average Bonchev–Trinajstić information content (AvgIpc) is 2.57. The lowest BCUT2D eigenvalue weighted by Gasteiger charge is -2.35. The van der Waals surface area contributed by atoms with Gasteiger partial charge in [-0.2, -0.15) is 0 Å². The highest BCUT2D eigenvalue weighted by molar-refractivity contribution is 5.97. The maximum atomic E-state index is 13.7. The summed E-state index contributed by atoms with van der Waals surface area (Å²) < 4.78 is 26.9. The fourth-order valence-electron chi connectivity index (χ4n) is 2.94. The summed E-state index contributed by atoms with van der Waals surface area (Å²) in [5.41, 5.74) is 2.10. The van der Waals surface area contributed by atoms with E-state index in [1.807, 2.05) is 23.1 Å². The molecule has 120 valence electrons. The van der Waals surface area contributed by atoms with E-state index in [1.165, 1.54) is 5.56 Å². The van der Waals surface area contributed by atoms with E-state index in [2.05, 4.69) is 11.4 Å². The van der Waals surface area contributed by atoms with Crippen LogP contribution in [0, 0.1) is 11.6 Å². The molecule has 3 rings (SSSR count). The van der Waals surface area contributed by atoms with Gasteiger partial charge in [0.2, 0.25) is 5.91 Å². The summed E-state index contributed by atoms with van der Waals surface area (Å²) in [5.74, 6) is -1.59. The Balaban J connectivity index is 1.79. The van der Waals surface area contributed by atoms with Crippen molar-refractivity contribution < 1.29 is 13.6 Å². The van der Waals surface area contributed by atoms with Crippen LogP contribution in [0.3, 0.4) is 0 Å². The lowest BCUT2D eigenvalue weighted by molar-refractivity contribution is -0.117. The minimum absolute atomic E-state index is 0.132. The molecule has 1 atom stereocenters. The minimum Gasteiger partial charge on any atom is -0.360 e. The van der Waals surface area contributed by atoms with E-state index in [4.69, 9.17) is 0 Å². The number of fused-ring (bicyclic) bond motifs is 1. The quantitative estimate of drug-likeness (QED) is 0.935. The Hall–Kier alpha value is -2.43. The second-order valence-electron chi connectivity index (χ2n) is 5.72. The molecule has 0 fully saturated rings. The number of nitrogens with zero attached hydrogens (tertiary/aromatic N) is 1. The van der Waals surface area contributed by atoms with E-state index >= 15 is 0 Å². The first-order valence-electron chi connectivity index (χ1n) is 7.67. The minimum atomic E-state index is -0.647. The zero-order valence-corrected chi connectivity index (χ0v) is 12.9. The van der Waals surface area contributed by atoms with E-state index in [0.717, 1.165) is 43.3 Å². The highest BCUT2D eigenvalue weighted by Gasteiger charge is 2.26. The third-order valence-corrected chi connectivity index (χ3v) is 4.18. The smallest absolute Gasteiger partial charge is 0.246 e. The van der Waals surface area contributed by atoms with Crippen molar-refractivity contribution in [1.82, 2.24) is 0 Å².